The third-order valence-electron chi connectivity index (χ3n) is 3.58. The van der Waals surface area contributed by atoms with Crippen molar-refractivity contribution in [3.8, 4) is 0 Å². The van der Waals surface area contributed by atoms with Gasteiger partial charge in [-0.2, -0.15) is 4.98 Å². The highest BCUT2D eigenvalue weighted by Crippen LogP contribution is 2.23. The highest BCUT2D eigenvalue weighted by atomic mass is 16.5. The van der Waals surface area contributed by atoms with Crippen molar-refractivity contribution >= 4 is 5.96 Å². The maximum atomic E-state index is 5.75. The summed E-state index contributed by atoms with van der Waals surface area (Å²) in [7, 11) is 1.77. The summed E-state index contributed by atoms with van der Waals surface area (Å²) in [4.78, 5) is 8.39. The van der Waals surface area contributed by atoms with Crippen LogP contribution in [0.25, 0.3) is 0 Å². The van der Waals surface area contributed by atoms with Crippen molar-refractivity contribution in [1.29, 1.82) is 0 Å². The molecule has 1 aromatic rings. The van der Waals surface area contributed by atoms with E-state index in [0.29, 0.717) is 11.7 Å². The lowest BCUT2D eigenvalue weighted by Gasteiger charge is -2.24. The fraction of sp³-hybridized carbons (Fsp3) is 0.786. The molecule has 1 aromatic heterocycles. The summed E-state index contributed by atoms with van der Waals surface area (Å²) in [6.45, 7) is 6.39. The molecule has 0 aromatic carbocycles. The molecule has 1 atom stereocenters. The highest BCUT2D eigenvalue weighted by molar-refractivity contribution is 5.79. The fourth-order valence-corrected chi connectivity index (χ4v) is 2.36. The third kappa shape index (κ3) is 5.00. The monoisotopic (exact) mass is 295 g/mol. The fourth-order valence-electron chi connectivity index (χ4n) is 2.36. The van der Waals surface area contributed by atoms with Crippen molar-refractivity contribution in [2.24, 2.45) is 4.99 Å². The molecule has 118 valence electrons. The van der Waals surface area contributed by atoms with Crippen molar-refractivity contribution in [2.45, 2.75) is 45.1 Å². The Morgan fingerprint density at radius 3 is 2.90 bits per heavy atom. The second kappa shape index (κ2) is 7.40. The molecule has 1 aliphatic heterocycles. The topological polar surface area (TPSA) is 84.6 Å². The normalized spacial score (nSPS) is 22.5. The van der Waals surface area contributed by atoms with Gasteiger partial charge in [-0.1, -0.05) is 5.16 Å². The summed E-state index contributed by atoms with van der Waals surface area (Å²) in [6.07, 6.45) is 3.91. The smallest absolute Gasteiger partial charge is 0.226 e. The quantitative estimate of drug-likeness (QED) is 0.463. The number of aryl methyl sites for hydroxylation is 2. The molecule has 0 amide bonds. The van der Waals surface area contributed by atoms with E-state index in [0.717, 1.165) is 51.3 Å². The van der Waals surface area contributed by atoms with Gasteiger partial charge in [-0.25, -0.2) is 0 Å². The minimum Gasteiger partial charge on any atom is -0.373 e. The molecular formula is C14H25N5O2. The van der Waals surface area contributed by atoms with E-state index in [2.05, 4.69) is 32.7 Å². The van der Waals surface area contributed by atoms with Crippen LogP contribution in [0.3, 0.4) is 0 Å². The van der Waals surface area contributed by atoms with Crippen LogP contribution >= 0.6 is 0 Å². The molecule has 0 radical (unpaired) electrons. The van der Waals surface area contributed by atoms with Crippen molar-refractivity contribution in [1.82, 2.24) is 20.8 Å². The Balaban J connectivity index is 1.63. The maximum absolute atomic E-state index is 5.75. The molecule has 0 spiro atoms. The standard InChI is InChI=1S/C14H25N5O2/c1-11-18-12(21-19-11)6-4-8-16-13(15-3)17-10-14(2)7-5-9-20-14/h4-10H2,1-3H3,(H2,15,16,17). The van der Waals surface area contributed by atoms with Crippen LogP contribution < -0.4 is 10.6 Å². The zero-order valence-corrected chi connectivity index (χ0v) is 13.1. The zero-order chi connectivity index (χ0) is 15.1. The molecule has 2 heterocycles. The summed E-state index contributed by atoms with van der Waals surface area (Å²) in [5, 5.41) is 10.4. The van der Waals surface area contributed by atoms with Gasteiger partial charge in [-0.15, -0.1) is 0 Å². The Bertz CT molecular complexity index is 466. The lowest BCUT2D eigenvalue weighted by molar-refractivity contribution is 0.0243. The SMILES string of the molecule is CN=C(NCCCc1nc(C)no1)NCC1(C)CCCO1. The van der Waals surface area contributed by atoms with Crippen LogP contribution in [-0.4, -0.2) is 48.4 Å². The lowest BCUT2D eigenvalue weighted by atomic mass is 10.0. The summed E-state index contributed by atoms with van der Waals surface area (Å²) in [6, 6.07) is 0. The van der Waals surface area contributed by atoms with E-state index in [-0.39, 0.29) is 5.60 Å². The number of aromatic nitrogens is 2. The van der Waals surface area contributed by atoms with Gasteiger partial charge < -0.3 is 19.9 Å². The molecule has 1 aliphatic rings. The number of nitrogens with zero attached hydrogens (tertiary/aromatic N) is 3. The second-order valence-corrected chi connectivity index (χ2v) is 5.59. The van der Waals surface area contributed by atoms with Gasteiger partial charge in [-0.3, -0.25) is 4.99 Å². The van der Waals surface area contributed by atoms with Crippen molar-refractivity contribution in [2.75, 3.05) is 26.7 Å². The summed E-state index contributed by atoms with van der Waals surface area (Å²) in [5.74, 6) is 2.16. The molecule has 2 rings (SSSR count). The van der Waals surface area contributed by atoms with E-state index in [4.69, 9.17) is 9.26 Å². The van der Waals surface area contributed by atoms with Gasteiger partial charge in [0.05, 0.1) is 5.60 Å². The molecule has 1 unspecified atom stereocenters. The first kappa shape index (κ1) is 15.8. The highest BCUT2D eigenvalue weighted by Gasteiger charge is 2.29. The Labute approximate surface area is 125 Å². The minimum absolute atomic E-state index is 0.0705. The van der Waals surface area contributed by atoms with Crippen molar-refractivity contribution < 1.29 is 9.26 Å². The van der Waals surface area contributed by atoms with E-state index in [9.17, 15) is 0 Å². The first-order valence-electron chi connectivity index (χ1n) is 7.49. The van der Waals surface area contributed by atoms with Gasteiger partial charge in [0.2, 0.25) is 5.89 Å². The number of rotatable bonds is 6. The first-order chi connectivity index (χ1) is 10.1. The number of nitrogens with one attached hydrogen (secondary N) is 2. The Morgan fingerprint density at radius 2 is 2.29 bits per heavy atom. The summed E-state index contributed by atoms with van der Waals surface area (Å²) >= 11 is 0. The number of guanidine groups is 1. The van der Waals surface area contributed by atoms with E-state index >= 15 is 0 Å². The summed E-state index contributed by atoms with van der Waals surface area (Å²) in [5.41, 5.74) is -0.0705. The van der Waals surface area contributed by atoms with Gasteiger partial charge in [0.15, 0.2) is 11.8 Å². The lowest BCUT2D eigenvalue weighted by Crippen LogP contribution is -2.45. The number of hydrogen-bond donors (Lipinski definition) is 2. The van der Waals surface area contributed by atoms with Gasteiger partial charge in [-0.05, 0) is 33.1 Å². The van der Waals surface area contributed by atoms with Crippen molar-refractivity contribution in [3.05, 3.63) is 11.7 Å². The van der Waals surface area contributed by atoms with E-state index < -0.39 is 0 Å². The molecule has 0 bridgehead atoms. The van der Waals surface area contributed by atoms with Crippen LogP contribution in [0.4, 0.5) is 0 Å². The van der Waals surface area contributed by atoms with Crippen LogP contribution in [0, 0.1) is 6.92 Å². The number of ether oxygens (including phenoxy) is 1. The van der Waals surface area contributed by atoms with Gasteiger partial charge in [0.25, 0.3) is 0 Å². The summed E-state index contributed by atoms with van der Waals surface area (Å²) < 4.78 is 10.8. The Morgan fingerprint density at radius 1 is 1.43 bits per heavy atom. The molecule has 7 heteroatoms. The Hall–Kier alpha value is -1.63. The average Bonchev–Trinajstić information content (AvgIpc) is 3.07. The van der Waals surface area contributed by atoms with Crippen LogP contribution in [0.2, 0.25) is 0 Å². The second-order valence-electron chi connectivity index (χ2n) is 5.59. The predicted octanol–water partition coefficient (Wildman–Crippen LogP) is 1.04. The third-order valence-corrected chi connectivity index (χ3v) is 3.58. The average molecular weight is 295 g/mol. The van der Waals surface area contributed by atoms with E-state index in [1.807, 2.05) is 6.92 Å². The predicted molar refractivity (Wildman–Crippen MR) is 80.3 cm³/mol. The van der Waals surface area contributed by atoms with E-state index in [1.54, 1.807) is 7.05 Å². The van der Waals surface area contributed by atoms with Crippen molar-refractivity contribution in [3.63, 3.8) is 0 Å². The van der Waals surface area contributed by atoms with E-state index in [1.165, 1.54) is 0 Å². The molecule has 21 heavy (non-hydrogen) atoms. The maximum Gasteiger partial charge on any atom is 0.226 e. The van der Waals surface area contributed by atoms with Crippen LogP contribution in [-0.2, 0) is 11.2 Å². The minimum atomic E-state index is -0.0705. The number of aliphatic imine (C=N–C) groups is 1. The van der Waals surface area contributed by atoms with Gasteiger partial charge in [0, 0.05) is 33.2 Å². The zero-order valence-electron chi connectivity index (χ0n) is 13.1. The van der Waals surface area contributed by atoms with Crippen LogP contribution in [0.15, 0.2) is 9.52 Å². The molecule has 1 fully saturated rings. The molecule has 7 nitrogen and oxygen atoms in total. The largest absolute Gasteiger partial charge is 0.373 e. The molecule has 0 saturated carbocycles. The van der Waals surface area contributed by atoms with Crippen LogP contribution in [0.5, 0.6) is 0 Å². The van der Waals surface area contributed by atoms with Gasteiger partial charge in [0.1, 0.15) is 0 Å². The number of hydrogen-bond acceptors (Lipinski definition) is 5. The van der Waals surface area contributed by atoms with Gasteiger partial charge >= 0.3 is 0 Å². The molecule has 0 aliphatic carbocycles. The molecule has 1 saturated heterocycles. The van der Waals surface area contributed by atoms with Crippen LogP contribution in [0.1, 0.15) is 37.9 Å². The Kier molecular flexibility index (Phi) is 5.55. The molecular weight excluding hydrogens is 270 g/mol. The first-order valence-corrected chi connectivity index (χ1v) is 7.49. The molecule has 2 N–H and O–H groups in total.